The van der Waals surface area contributed by atoms with E-state index in [9.17, 15) is 18.0 Å². The lowest BCUT2D eigenvalue weighted by atomic mass is 9.96. The number of ether oxygens (including phenoxy) is 1. The molecule has 2 atom stereocenters. The average molecular weight is 460 g/mol. The van der Waals surface area contributed by atoms with E-state index in [1.807, 2.05) is 0 Å². The van der Waals surface area contributed by atoms with Gasteiger partial charge in [0.05, 0.1) is 17.6 Å². The molecule has 174 valence electrons. The van der Waals surface area contributed by atoms with Gasteiger partial charge in [-0.25, -0.2) is 5.43 Å². The van der Waals surface area contributed by atoms with E-state index < -0.39 is 36.3 Å². The van der Waals surface area contributed by atoms with Gasteiger partial charge in [-0.05, 0) is 31.5 Å². The minimum absolute atomic E-state index is 0.00909. The van der Waals surface area contributed by atoms with Gasteiger partial charge < -0.3 is 14.5 Å². The minimum Gasteiger partial charge on any atom is -0.467 e. The summed E-state index contributed by atoms with van der Waals surface area (Å²) in [5.74, 6) is 0.557. The number of alkyl halides is 3. The van der Waals surface area contributed by atoms with E-state index in [0.717, 1.165) is 6.07 Å². The predicted octanol–water partition coefficient (Wildman–Crippen LogP) is 4.30. The number of carbonyl (C=O) groups excluding carboxylic acids is 1. The Kier molecular flexibility index (Phi) is 6.03. The normalized spacial score (nSPS) is 16.4. The lowest BCUT2D eigenvalue weighted by Crippen LogP contribution is -2.31. The third kappa shape index (κ3) is 4.80. The van der Waals surface area contributed by atoms with Crippen molar-refractivity contribution in [2.75, 3.05) is 18.7 Å². The van der Waals surface area contributed by atoms with Gasteiger partial charge in [0.1, 0.15) is 11.5 Å². The first-order valence-electron chi connectivity index (χ1n) is 10.3. The molecule has 0 saturated heterocycles. The highest BCUT2D eigenvalue weighted by Crippen LogP contribution is 2.45. The third-order valence-electron chi connectivity index (χ3n) is 5.30. The van der Waals surface area contributed by atoms with Gasteiger partial charge in [-0.2, -0.15) is 18.2 Å². The second-order valence-corrected chi connectivity index (χ2v) is 7.80. The fourth-order valence-corrected chi connectivity index (χ4v) is 3.75. The van der Waals surface area contributed by atoms with Gasteiger partial charge in [0, 0.05) is 18.7 Å². The number of aryl methyl sites for hydroxylation is 1. The number of hydrogen-bond acceptors (Lipinski definition) is 6. The highest BCUT2D eigenvalue weighted by atomic mass is 19.4. The van der Waals surface area contributed by atoms with Gasteiger partial charge >= 0.3 is 6.18 Å². The SMILES string of the molecule is Cc1ccc(C(C)NC(=O)COc2cc(C(F)(F)F)c3c(n2)N(C)NC3c2ccccc2)o1. The number of halogens is 3. The summed E-state index contributed by atoms with van der Waals surface area (Å²) in [5, 5.41) is 4.11. The highest BCUT2D eigenvalue weighted by Gasteiger charge is 2.42. The lowest BCUT2D eigenvalue weighted by molar-refractivity contribution is -0.138. The quantitative estimate of drug-likeness (QED) is 0.571. The number of carbonyl (C=O) groups is 1. The predicted molar refractivity (Wildman–Crippen MR) is 115 cm³/mol. The number of amides is 1. The number of hydrazine groups is 1. The molecule has 10 heteroatoms. The van der Waals surface area contributed by atoms with Crippen LogP contribution in [-0.4, -0.2) is 24.5 Å². The molecule has 7 nitrogen and oxygen atoms in total. The number of nitrogens with one attached hydrogen (secondary N) is 2. The minimum atomic E-state index is -4.64. The lowest BCUT2D eigenvalue weighted by Gasteiger charge is -2.17. The van der Waals surface area contributed by atoms with Crippen molar-refractivity contribution in [3.05, 3.63) is 76.7 Å². The Balaban J connectivity index is 1.55. The molecule has 1 aromatic carbocycles. The number of fused-ring (bicyclic) bond motifs is 1. The largest absolute Gasteiger partial charge is 0.467 e. The molecule has 0 aliphatic carbocycles. The second kappa shape index (κ2) is 8.78. The summed E-state index contributed by atoms with van der Waals surface area (Å²) in [6.45, 7) is 3.02. The van der Waals surface area contributed by atoms with Crippen LogP contribution in [-0.2, 0) is 11.0 Å². The first-order valence-corrected chi connectivity index (χ1v) is 10.3. The number of rotatable bonds is 6. The molecule has 3 aromatic rings. The standard InChI is InChI=1S/C23H23F3N4O3/c1-13-9-10-17(33-13)14(2)27-18(31)12-32-19-11-16(23(24,25)26)20-21(15-7-5-4-6-8-15)29-30(3)22(20)28-19/h4-11,14,21,29H,12H2,1-3H3,(H,27,31). The van der Waals surface area contributed by atoms with E-state index in [0.29, 0.717) is 17.1 Å². The monoisotopic (exact) mass is 460 g/mol. The molecule has 0 radical (unpaired) electrons. The van der Waals surface area contributed by atoms with Crippen LogP contribution in [0.4, 0.5) is 19.0 Å². The van der Waals surface area contributed by atoms with Gasteiger partial charge in [-0.1, -0.05) is 30.3 Å². The molecule has 0 saturated carbocycles. The zero-order valence-corrected chi connectivity index (χ0v) is 18.2. The molecule has 4 rings (SSSR count). The Morgan fingerprint density at radius 1 is 1.27 bits per heavy atom. The van der Waals surface area contributed by atoms with Gasteiger partial charge in [-0.3, -0.25) is 9.80 Å². The van der Waals surface area contributed by atoms with Crippen LogP contribution in [0, 0.1) is 6.92 Å². The Hall–Kier alpha value is -3.53. The summed E-state index contributed by atoms with van der Waals surface area (Å²) in [5.41, 5.74) is 2.83. The zero-order chi connectivity index (χ0) is 23.8. The summed E-state index contributed by atoms with van der Waals surface area (Å²) in [6.07, 6.45) is -4.64. The van der Waals surface area contributed by atoms with Crippen molar-refractivity contribution in [3.8, 4) is 5.88 Å². The third-order valence-corrected chi connectivity index (χ3v) is 5.30. The van der Waals surface area contributed by atoms with Gasteiger partial charge in [-0.15, -0.1) is 0 Å². The maximum atomic E-state index is 14.0. The average Bonchev–Trinajstić information content (AvgIpc) is 3.35. The zero-order valence-electron chi connectivity index (χ0n) is 18.2. The molecule has 1 aliphatic rings. The molecular formula is C23H23F3N4O3. The van der Waals surface area contributed by atoms with Crippen molar-refractivity contribution >= 4 is 11.7 Å². The highest BCUT2D eigenvalue weighted by molar-refractivity contribution is 5.78. The van der Waals surface area contributed by atoms with E-state index >= 15 is 0 Å². The van der Waals surface area contributed by atoms with E-state index in [4.69, 9.17) is 9.15 Å². The molecule has 3 heterocycles. The second-order valence-electron chi connectivity index (χ2n) is 7.80. The summed E-state index contributed by atoms with van der Waals surface area (Å²) < 4.78 is 52.8. The van der Waals surface area contributed by atoms with Crippen molar-refractivity contribution in [2.45, 2.75) is 32.1 Å². The van der Waals surface area contributed by atoms with E-state index in [2.05, 4.69) is 15.7 Å². The summed E-state index contributed by atoms with van der Waals surface area (Å²) in [6, 6.07) is 12.0. The van der Waals surface area contributed by atoms with Gasteiger partial charge in [0.25, 0.3) is 5.91 Å². The Labute approximate surface area is 188 Å². The van der Waals surface area contributed by atoms with Crippen LogP contribution < -0.4 is 20.5 Å². The first kappa shape index (κ1) is 22.7. The van der Waals surface area contributed by atoms with Crippen LogP contribution in [0.1, 0.15) is 47.2 Å². The fraction of sp³-hybridized carbons (Fsp3) is 0.304. The van der Waals surface area contributed by atoms with Crippen LogP contribution in [0.15, 0.2) is 52.9 Å². The Morgan fingerprint density at radius 2 is 2.00 bits per heavy atom. The van der Waals surface area contributed by atoms with E-state index in [1.165, 1.54) is 5.01 Å². The van der Waals surface area contributed by atoms with Crippen LogP contribution >= 0.6 is 0 Å². The summed E-state index contributed by atoms with van der Waals surface area (Å²) in [4.78, 5) is 16.5. The number of hydrogen-bond donors (Lipinski definition) is 2. The number of benzene rings is 1. The van der Waals surface area contributed by atoms with E-state index in [-0.39, 0.29) is 17.3 Å². The summed E-state index contributed by atoms with van der Waals surface area (Å²) >= 11 is 0. The molecule has 0 bridgehead atoms. The van der Waals surface area contributed by atoms with Gasteiger partial charge in [0.2, 0.25) is 5.88 Å². The van der Waals surface area contributed by atoms with Crippen molar-refractivity contribution in [1.29, 1.82) is 0 Å². The maximum absolute atomic E-state index is 14.0. The van der Waals surface area contributed by atoms with Crippen LogP contribution in [0.3, 0.4) is 0 Å². The molecule has 0 fully saturated rings. The molecule has 33 heavy (non-hydrogen) atoms. The fourth-order valence-electron chi connectivity index (χ4n) is 3.75. The molecule has 2 N–H and O–H groups in total. The smallest absolute Gasteiger partial charge is 0.417 e. The van der Waals surface area contributed by atoms with Crippen LogP contribution in [0.2, 0.25) is 0 Å². The molecular weight excluding hydrogens is 437 g/mol. The van der Waals surface area contributed by atoms with Crippen molar-refractivity contribution in [1.82, 2.24) is 15.7 Å². The Bertz CT molecular complexity index is 1150. The number of anilines is 1. The number of pyridine rings is 1. The molecule has 2 aromatic heterocycles. The molecule has 2 unspecified atom stereocenters. The number of furan rings is 1. The van der Waals surface area contributed by atoms with Crippen molar-refractivity contribution in [3.63, 3.8) is 0 Å². The van der Waals surface area contributed by atoms with Crippen molar-refractivity contribution in [2.24, 2.45) is 0 Å². The van der Waals surface area contributed by atoms with Crippen LogP contribution in [0.5, 0.6) is 5.88 Å². The van der Waals surface area contributed by atoms with Gasteiger partial charge in [0.15, 0.2) is 12.4 Å². The maximum Gasteiger partial charge on any atom is 0.417 e. The summed E-state index contributed by atoms with van der Waals surface area (Å²) in [7, 11) is 1.58. The molecule has 1 amide bonds. The van der Waals surface area contributed by atoms with E-state index in [1.54, 1.807) is 63.4 Å². The number of nitrogens with zero attached hydrogens (tertiary/aromatic N) is 2. The molecule has 1 aliphatic heterocycles. The van der Waals surface area contributed by atoms with Crippen molar-refractivity contribution < 1.29 is 27.1 Å². The first-order chi connectivity index (χ1) is 15.6. The number of aromatic nitrogens is 1. The topological polar surface area (TPSA) is 79.6 Å². The Morgan fingerprint density at radius 3 is 2.64 bits per heavy atom. The van der Waals surface area contributed by atoms with Crippen LogP contribution in [0.25, 0.3) is 0 Å². The molecule has 0 spiro atoms.